The van der Waals surface area contributed by atoms with Crippen LogP contribution in [0.2, 0.25) is 0 Å². The number of nitrogens with zero attached hydrogens (tertiary/aromatic N) is 1. The highest BCUT2D eigenvalue weighted by Gasteiger charge is 1.98. The number of aromatic nitrogens is 1. The lowest BCUT2D eigenvalue weighted by Crippen LogP contribution is -1.96. The Bertz CT molecular complexity index is 208. The molecule has 0 atom stereocenters. The molecule has 1 aromatic heterocycles. The summed E-state index contributed by atoms with van der Waals surface area (Å²) in [5.41, 5.74) is 0. The molecule has 0 fully saturated rings. The van der Waals surface area contributed by atoms with Gasteiger partial charge in [0.25, 0.3) is 5.88 Å². The maximum absolute atomic E-state index is 5.26. The fraction of sp³-hybridized carbons (Fsp3) is 0.625. The fourth-order valence-corrected chi connectivity index (χ4v) is 0.731. The van der Waals surface area contributed by atoms with E-state index < -0.39 is 0 Å². The smallest absolute Gasteiger partial charge is 0.252 e. The molecular formula is C8H13NO2. The molecule has 0 saturated carbocycles. The third-order valence-corrected chi connectivity index (χ3v) is 1.35. The van der Waals surface area contributed by atoms with E-state index in [0.717, 1.165) is 19.4 Å². The Morgan fingerprint density at radius 2 is 2.45 bits per heavy atom. The number of aryl methyl sites for hydroxylation is 1. The van der Waals surface area contributed by atoms with Gasteiger partial charge >= 0.3 is 0 Å². The van der Waals surface area contributed by atoms with Crippen LogP contribution >= 0.6 is 0 Å². The van der Waals surface area contributed by atoms with E-state index >= 15 is 0 Å². The molecule has 3 nitrogen and oxygen atoms in total. The first-order chi connectivity index (χ1) is 5.33. The molecule has 1 rings (SSSR count). The van der Waals surface area contributed by atoms with E-state index in [-0.39, 0.29) is 0 Å². The minimum absolute atomic E-state index is 0.593. The Morgan fingerprint density at radius 1 is 1.64 bits per heavy atom. The molecule has 0 amide bonds. The van der Waals surface area contributed by atoms with Crippen molar-refractivity contribution in [2.45, 2.75) is 26.7 Å². The van der Waals surface area contributed by atoms with Crippen LogP contribution in [0.1, 0.15) is 25.7 Å². The maximum Gasteiger partial charge on any atom is 0.252 e. The van der Waals surface area contributed by atoms with Crippen LogP contribution in [0.5, 0.6) is 5.88 Å². The van der Waals surface area contributed by atoms with E-state index in [1.807, 2.05) is 0 Å². The van der Waals surface area contributed by atoms with Crippen molar-refractivity contribution in [1.29, 1.82) is 0 Å². The van der Waals surface area contributed by atoms with Crippen molar-refractivity contribution in [2.75, 3.05) is 6.61 Å². The Kier molecular flexibility index (Phi) is 2.95. The zero-order valence-corrected chi connectivity index (χ0v) is 6.96. The molecule has 62 valence electrons. The van der Waals surface area contributed by atoms with Crippen LogP contribution in [0, 0.1) is 6.92 Å². The summed E-state index contributed by atoms with van der Waals surface area (Å²) in [5, 5.41) is 0. The van der Waals surface area contributed by atoms with E-state index in [1.165, 1.54) is 6.26 Å². The maximum atomic E-state index is 5.26. The molecule has 11 heavy (non-hydrogen) atoms. The van der Waals surface area contributed by atoms with Gasteiger partial charge in [-0.3, -0.25) is 0 Å². The monoisotopic (exact) mass is 155 g/mol. The summed E-state index contributed by atoms with van der Waals surface area (Å²) in [6.45, 7) is 4.65. The van der Waals surface area contributed by atoms with Gasteiger partial charge in [0.1, 0.15) is 0 Å². The summed E-state index contributed by atoms with van der Waals surface area (Å²) in [6.07, 6.45) is 3.73. The van der Waals surface area contributed by atoms with E-state index in [2.05, 4.69) is 11.9 Å². The molecule has 1 heterocycles. The third-order valence-electron chi connectivity index (χ3n) is 1.35. The van der Waals surface area contributed by atoms with Gasteiger partial charge < -0.3 is 9.15 Å². The van der Waals surface area contributed by atoms with Crippen molar-refractivity contribution in [2.24, 2.45) is 0 Å². The number of rotatable bonds is 4. The van der Waals surface area contributed by atoms with Crippen molar-refractivity contribution in [3.8, 4) is 5.88 Å². The molecule has 0 spiro atoms. The zero-order valence-electron chi connectivity index (χ0n) is 6.96. The van der Waals surface area contributed by atoms with E-state index in [1.54, 1.807) is 6.92 Å². The molecule has 0 aliphatic carbocycles. The van der Waals surface area contributed by atoms with Crippen LogP contribution in [0.3, 0.4) is 0 Å². The van der Waals surface area contributed by atoms with E-state index in [9.17, 15) is 0 Å². The Balaban J connectivity index is 2.27. The molecule has 0 N–H and O–H groups in total. The van der Waals surface area contributed by atoms with Crippen LogP contribution < -0.4 is 4.74 Å². The summed E-state index contributed by atoms with van der Waals surface area (Å²) in [5.74, 6) is 1.24. The van der Waals surface area contributed by atoms with Gasteiger partial charge in [-0.2, -0.15) is 4.98 Å². The second-order valence-electron chi connectivity index (χ2n) is 2.41. The van der Waals surface area contributed by atoms with Gasteiger partial charge in [0.05, 0.1) is 6.61 Å². The van der Waals surface area contributed by atoms with Crippen LogP contribution in [0.4, 0.5) is 0 Å². The quantitative estimate of drug-likeness (QED) is 0.625. The Labute approximate surface area is 66.4 Å². The molecule has 0 aromatic carbocycles. The van der Waals surface area contributed by atoms with Crippen molar-refractivity contribution in [3.05, 3.63) is 12.2 Å². The first-order valence-corrected chi connectivity index (χ1v) is 3.88. The Hall–Kier alpha value is -0.990. The van der Waals surface area contributed by atoms with Gasteiger partial charge in [0, 0.05) is 6.92 Å². The summed E-state index contributed by atoms with van der Waals surface area (Å²) >= 11 is 0. The van der Waals surface area contributed by atoms with Gasteiger partial charge in [0.15, 0.2) is 12.2 Å². The van der Waals surface area contributed by atoms with Crippen LogP contribution in [-0.2, 0) is 0 Å². The van der Waals surface area contributed by atoms with Crippen molar-refractivity contribution < 1.29 is 9.15 Å². The summed E-state index contributed by atoms with van der Waals surface area (Å²) < 4.78 is 10.2. The number of unbranched alkanes of at least 4 members (excludes halogenated alkanes) is 1. The lowest BCUT2D eigenvalue weighted by Gasteiger charge is -1.97. The van der Waals surface area contributed by atoms with Gasteiger partial charge in [-0.25, -0.2) is 0 Å². The second kappa shape index (κ2) is 4.01. The van der Waals surface area contributed by atoms with Gasteiger partial charge in [-0.05, 0) is 6.42 Å². The fourth-order valence-electron chi connectivity index (χ4n) is 0.731. The number of hydrogen-bond acceptors (Lipinski definition) is 3. The highest BCUT2D eigenvalue weighted by atomic mass is 16.5. The minimum atomic E-state index is 0.593. The standard InChI is InChI=1S/C8H13NO2/c1-3-4-5-10-8-6-11-7(2)9-8/h6H,3-5H2,1-2H3. The Morgan fingerprint density at radius 3 is 3.00 bits per heavy atom. The highest BCUT2D eigenvalue weighted by Crippen LogP contribution is 2.08. The molecule has 3 heteroatoms. The van der Waals surface area contributed by atoms with Crippen LogP contribution in [0.25, 0.3) is 0 Å². The van der Waals surface area contributed by atoms with E-state index in [0.29, 0.717) is 11.8 Å². The summed E-state index contributed by atoms with van der Waals surface area (Å²) in [6, 6.07) is 0. The molecule has 0 unspecified atom stereocenters. The molecule has 1 aromatic rings. The first-order valence-electron chi connectivity index (χ1n) is 3.88. The van der Waals surface area contributed by atoms with Gasteiger partial charge in [0.2, 0.25) is 0 Å². The van der Waals surface area contributed by atoms with Crippen LogP contribution in [-0.4, -0.2) is 11.6 Å². The summed E-state index contributed by atoms with van der Waals surface area (Å²) in [4.78, 5) is 3.99. The van der Waals surface area contributed by atoms with Crippen molar-refractivity contribution in [3.63, 3.8) is 0 Å². The van der Waals surface area contributed by atoms with Crippen molar-refractivity contribution in [1.82, 2.24) is 4.98 Å². The SMILES string of the molecule is CCCCOc1coc(C)n1. The van der Waals surface area contributed by atoms with Crippen LogP contribution in [0.15, 0.2) is 10.7 Å². The predicted molar refractivity (Wildman–Crippen MR) is 41.6 cm³/mol. The average molecular weight is 155 g/mol. The van der Waals surface area contributed by atoms with Crippen molar-refractivity contribution >= 4 is 0 Å². The normalized spacial score (nSPS) is 10.0. The lowest BCUT2D eigenvalue weighted by atomic mass is 10.4. The molecule has 0 radical (unpaired) electrons. The highest BCUT2D eigenvalue weighted by molar-refractivity contribution is 5.01. The van der Waals surface area contributed by atoms with Gasteiger partial charge in [-0.15, -0.1) is 0 Å². The second-order valence-corrected chi connectivity index (χ2v) is 2.41. The lowest BCUT2D eigenvalue weighted by molar-refractivity contribution is 0.297. The number of oxazole rings is 1. The average Bonchev–Trinajstić information content (AvgIpc) is 2.37. The molecule has 0 saturated heterocycles. The van der Waals surface area contributed by atoms with E-state index in [4.69, 9.17) is 9.15 Å². The molecule has 0 aliphatic heterocycles. The third kappa shape index (κ3) is 2.62. The van der Waals surface area contributed by atoms with Gasteiger partial charge in [-0.1, -0.05) is 13.3 Å². The minimum Gasteiger partial charge on any atom is -0.475 e. The molecule has 0 aliphatic rings. The number of ether oxygens (including phenoxy) is 1. The predicted octanol–water partition coefficient (Wildman–Crippen LogP) is 2.16. The largest absolute Gasteiger partial charge is 0.475 e. The first kappa shape index (κ1) is 8.11. The topological polar surface area (TPSA) is 35.3 Å². The molecular weight excluding hydrogens is 142 g/mol. The molecule has 0 bridgehead atoms. The zero-order chi connectivity index (χ0) is 8.10. The summed E-state index contributed by atoms with van der Waals surface area (Å²) in [7, 11) is 0. The number of hydrogen-bond donors (Lipinski definition) is 0.